The van der Waals surface area contributed by atoms with Crippen LogP contribution in [-0.2, 0) is 0 Å². The first kappa shape index (κ1) is 20.3. The molecule has 0 aromatic heterocycles. The van der Waals surface area contributed by atoms with Crippen LogP contribution in [0.2, 0.25) is 0 Å². The lowest BCUT2D eigenvalue weighted by molar-refractivity contribution is 0.390. The van der Waals surface area contributed by atoms with E-state index in [0.717, 1.165) is 58.4 Å². The van der Waals surface area contributed by atoms with Crippen molar-refractivity contribution in [1.29, 1.82) is 0 Å². The molecule has 0 aliphatic heterocycles. The minimum absolute atomic E-state index is 0.0514. The number of hydrogen-bond acceptors (Lipinski definition) is 4. The van der Waals surface area contributed by atoms with Gasteiger partial charge in [-0.2, -0.15) is 0 Å². The molecular weight excluding hydrogens is 396 g/mol. The van der Waals surface area contributed by atoms with Crippen molar-refractivity contribution < 1.29 is 10.2 Å². The summed E-state index contributed by atoms with van der Waals surface area (Å²) in [5, 5.41) is 25.0. The molecule has 4 nitrogen and oxygen atoms in total. The van der Waals surface area contributed by atoms with Crippen LogP contribution in [0.1, 0.15) is 36.8 Å². The van der Waals surface area contributed by atoms with Crippen molar-refractivity contribution in [1.82, 2.24) is 0 Å². The highest BCUT2D eigenvalue weighted by Crippen LogP contribution is 2.29. The summed E-state index contributed by atoms with van der Waals surface area (Å²) in [6, 6.07) is 23.4. The van der Waals surface area contributed by atoms with E-state index in [9.17, 15) is 10.2 Å². The molecule has 0 bridgehead atoms. The number of aliphatic imine (C=N–C) groups is 2. The maximum Gasteiger partial charge on any atom is 0.124 e. The van der Waals surface area contributed by atoms with E-state index in [1.54, 1.807) is 12.1 Å². The second-order valence-corrected chi connectivity index (χ2v) is 8.41. The summed E-state index contributed by atoms with van der Waals surface area (Å²) in [5.74, 6) is 0.480. The molecule has 1 fully saturated rings. The topological polar surface area (TPSA) is 65.2 Å². The predicted octanol–water partition coefficient (Wildman–Crippen LogP) is 6.25. The molecule has 4 heteroatoms. The zero-order chi connectivity index (χ0) is 21.9. The van der Waals surface area contributed by atoms with E-state index in [2.05, 4.69) is 0 Å². The van der Waals surface area contributed by atoms with E-state index in [4.69, 9.17) is 9.98 Å². The van der Waals surface area contributed by atoms with Crippen LogP contribution in [0, 0.1) is 0 Å². The lowest BCUT2D eigenvalue weighted by Gasteiger charge is -2.25. The molecule has 0 radical (unpaired) electrons. The molecule has 1 aliphatic carbocycles. The van der Waals surface area contributed by atoms with Crippen LogP contribution in [0.4, 0.5) is 0 Å². The highest BCUT2D eigenvalue weighted by Gasteiger charge is 2.23. The van der Waals surface area contributed by atoms with Crippen LogP contribution in [0.25, 0.3) is 21.5 Å². The SMILES string of the molecule is Oc1ccc2ccccc2c1C=NC1CCCCC1N=Cc1c(O)ccc2ccccc12. The Morgan fingerprint density at radius 3 is 1.50 bits per heavy atom. The van der Waals surface area contributed by atoms with E-state index in [-0.39, 0.29) is 23.6 Å². The number of fused-ring (bicyclic) bond motifs is 2. The van der Waals surface area contributed by atoms with Crippen molar-refractivity contribution in [2.24, 2.45) is 9.98 Å². The zero-order valence-electron chi connectivity index (χ0n) is 17.9. The number of phenols is 2. The van der Waals surface area contributed by atoms with Crippen LogP contribution in [0.5, 0.6) is 11.5 Å². The monoisotopic (exact) mass is 422 g/mol. The van der Waals surface area contributed by atoms with Crippen molar-refractivity contribution in [2.75, 3.05) is 0 Å². The van der Waals surface area contributed by atoms with Crippen molar-refractivity contribution in [2.45, 2.75) is 37.8 Å². The van der Waals surface area contributed by atoms with Gasteiger partial charge in [-0.3, -0.25) is 9.98 Å². The van der Waals surface area contributed by atoms with Crippen molar-refractivity contribution >= 4 is 34.0 Å². The Hall–Kier alpha value is -3.66. The summed E-state index contributed by atoms with van der Waals surface area (Å²) in [4.78, 5) is 9.76. The third-order valence-corrected chi connectivity index (χ3v) is 6.38. The third-order valence-electron chi connectivity index (χ3n) is 6.38. The van der Waals surface area contributed by atoms with Crippen molar-refractivity contribution in [3.63, 3.8) is 0 Å². The van der Waals surface area contributed by atoms with Gasteiger partial charge < -0.3 is 10.2 Å². The third kappa shape index (κ3) is 3.96. The first-order chi connectivity index (χ1) is 15.7. The fraction of sp³-hybridized carbons (Fsp3) is 0.214. The zero-order valence-corrected chi connectivity index (χ0v) is 17.9. The van der Waals surface area contributed by atoms with Crippen molar-refractivity contribution in [3.05, 3.63) is 83.9 Å². The Kier molecular flexibility index (Phi) is 5.59. The minimum Gasteiger partial charge on any atom is -0.507 e. The molecule has 2 unspecified atom stereocenters. The van der Waals surface area contributed by atoms with Crippen LogP contribution in [-0.4, -0.2) is 34.7 Å². The molecule has 160 valence electrons. The van der Waals surface area contributed by atoms with Gasteiger partial charge in [0.2, 0.25) is 0 Å². The van der Waals surface area contributed by atoms with Gasteiger partial charge in [-0.25, -0.2) is 0 Å². The van der Waals surface area contributed by atoms with E-state index >= 15 is 0 Å². The maximum atomic E-state index is 10.4. The van der Waals surface area contributed by atoms with Gasteiger partial charge in [-0.15, -0.1) is 0 Å². The second kappa shape index (κ2) is 8.83. The molecular formula is C28H26N2O2. The predicted molar refractivity (Wildman–Crippen MR) is 132 cm³/mol. The van der Waals surface area contributed by atoms with Gasteiger partial charge in [0, 0.05) is 23.6 Å². The van der Waals surface area contributed by atoms with Gasteiger partial charge >= 0.3 is 0 Å². The molecule has 2 atom stereocenters. The Bertz CT molecular complexity index is 1220. The van der Waals surface area contributed by atoms with E-state index in [1.807, 2.05) is 73.1 Å². The molecule has 4 aromatic rings. The molecule has 0 heterocycles. The van der Waals surface area contributed by atoms with Crippen LogP contribution in [0.15, 0.2) is 82.8 Å². The Morgan fingerprint density at radius 1 is 0.594 bits per heavy atom. The fourth-order valence-corrected chi connectivity index (χ4v) is 4.62. The van der Waals surface area contributed by atoms with E-state index in [0.29, 0.717) is 0 Å². The summed E-state index contributed by atoms with van der Waals surface area (Å²) in [5.41, 5.74) is 1.51. The Labute approximate surface area is 187 Å². The molecule has 32 heavy (non-hydrogen) atoms. The van der Waals surface area contributed by atoms with Gasteiger partial charge in [-0.05, 0) is 46.5 Å². The first-order valence-electron chi connectivity index (χ1n) is 11.2. The largest absolute Gasteiger partial charge is 0.507 e. The molecule has 5 rings (SSSR count). The number of aromatic hydroxyl groups is 2. The summed E-state index contributed by atoms with van der Waals surface area (Å²) in [6.45, 7) is 0. The molecule has 2 N–H and O–H groups in total. The quantitative estimate of drug-likeness (QED) is 0.382. The van der Waals surface area contributed by atoms with Crippen LogP contribution >= 0.6 is 0 Å². The summed E-state index contributed by atoms with van der Waals surface area (Å²) >= 11 is 0. The fourth-order valence-electron chi connectivity index (χ4n) is 4.62. The number of phenolic OH excluding ortho intramolecular Hbond substituents is 2. The normalized spacial score (nSPS) is 19.4. The number of hydrogen-bond donors (Lipinski definition) is 2. The van der Waals surface area contributed by atoms with Gasteiger partial charge in [0.15, 0.2) is 0 Å². The molecule has 4 aromatic carbocycles. The summed E-state index contributed by atoms with van der Waals surface area (Å²) in [7, 11) is 0. The van der Waals surface area contributed by atoms with Crippen LogP contribution < -0.4 is 0 Å². The first-order valence-corrected chi connectivity index (χ1v) is 11.2. The van der Waals surface area contributed by atoms with Gasteiger partial charge in [0.1, 0.15) is 11.5 Å². The standard InChI is InChI=1S/C28H26N2O2/c31-27-15-13-19-7-1-3-9-21(19)23(27)17-29-25-11-5-6-12-26(25)30-18-24-22-10-4-2-8-20(22)14-16-28(24)32/h1-4,7-10,13-18,25-26,31-32H,5-6,11-12H2. The number of benzene rings is 4. The number of nitrogens with zero attached hydrogens (tertiary/aromatic N) is 2. The van der Waals surface area contributed by atoms with E-state index < -0.39 is 0 Å². The minimum atomic E-state index is 0.0514. The Balaban J connectivity index is 1.45. The average Bonchev–Trinajstić information content (AvgIpc) is 2.83. The average molecular weight is 423 g/mol. The summed E-state index contributed by atoms with van der Waals surface area (Å²) < 4.78 is 0. The molecule has 0 amide bonds. The van der Waals surface area contributed by atoms with Gasteiger partial charge in [0.25, 0.3) is 0 Å². The van der Waals surface area contributed by atoms with Gasteiger partial charge in [0.05, 0.1) is 12.1 Å². The smallest absolute Gasteiger partial charge is 0.124 e. The maximum absolute atomic E-state index is 10.4. The lowest BCUT2D eigenvalue weighted by atomic mass is 9.91. The molecule has 0 saturated heterocycles. The lowest BCUT2D eigenvalue weighted by Crippen LogP contribution is -2.27. The van der Waals surface area contributed by atoms with E-state index in [1.165, 1.54) is 0 Å². The van der Waals surface area contributed by atoms with Gasteiger partial charge in [-0.1, -0.05) is 73.5 Å². The second-order valence-electron chi connectivity index (χ2n) is 8.41. The van der Waals surface area contributed by atoms with Crippen molar-refractivity contribution in [3.8, 4) is 11.5 Å². The highest BCUT2D eigenvalue weighted by atomic mass is 16.3. The molecule has 0 spiro atoms. The number of rotatable bonds is 4. The Morgan fingerprint density at radius 2 is 1.03 bits per heavy atom. The summed E-state index contributed by atoms with van der Waals surface area (Å²) in [6.07, 6.45) is 7.79. The highest BCUT2D eigenvalue weighted by molar-refractivity contribution is 6.03. The molecule has 1 saturated carbocycles. The molecule has 1 aliphatic rings. The van der Waals surface area contributed by atoms with Crippen LogP contribution in [0.3, 0.4) is 0 Å².